The molecule has 0 radical (unpaired) electrons. The van der Waals surface area contributed by atoms with Crippen molar-refractivity contribution in [1.29, 1.82) is 0 Å². The van der Waals surface area contributed by atoms with Gasteiger partial charge in [0.2, 0.25) is 0 Å². The number of aliphatic hydroxyl groups is 4. The Kier molecular flexibility index (Phi) is 10.9. The van der Waals surface area contributed by atoms with Gasteiger partial charge in [-0.1, -0.05) is 25.7 Å². The summed E-state index contributed by atoms with van der Waals surface area (Å²) in [7, 11) is 0. The van der Waals surface area contributed by atoms with Crippen molar-refractivity contribution in [2.45, 2.75) is 100 Å². The van der Waals surface area contributed by atoms with Crippen LogP contribution in [0.25, 0.3) is 22.3 Å². The van der Waals surface area contributed by atoms with Crippen molar-refractivity contribution < 1.29 is 49.0 Å². The van der Waals surface area contributed by atoms with Crippen molar-refractivity contribution in [2.75, 3.05) is 13.2 Å². The Bertz CT molecular complexity index is 1770. The summed E-state index contributed by atoms with van der Waals surface area (Å²) in [4.78, 5) is 69.2. The summed E-state index contributed by atoms with van der Waals surface area (Å²) in [5, 5.41) is 41.9. The Morgan fingerprint density at radius 1 is 0.640 bits per heavy atom. The number of fused-ring (bicyclic) bond motifs is 2. The van der Waals surface area contributed by atoms with Crippen LogP contribution in [0.5, 0.6) is 0 Å². The molecule has 0 amide bonds. The van der Waals surface area contributed by atoms with Gasteiger partial charge in [-0.3, -0.25) is 28.3 Å². The van der Waals surface area contributed by atoms with Crippen molar-refractivity contribution in [1.82, 2.24) is 39.0 Å². The van der Waals surface area contributed by atoms with Gasteiger partial charge in [-0.25, -0.2) is 19.9 Å². The summed E-state index contributed by atoms with van der Waals surface area (Å²) < 4.78 is 24.7. The fourth-order valence-electron chi connectivity index (χ4n) is 6.03. The number of nitrogens with zero attached hydrogens (tertiary/aromatic N) is 6. The molecule has 0 aromatic carbocycles. The molecule has 2 saturated heterocycles. The molecule has 6 heterocycles. The lowest BCUT2D eigenvalue weighted by molar-refractivity contribution is -0.151. The van der Waals surface area contributed by atoms with Crippen LogP contribution >= 0.6 is 0 Å². The Labute approximate surface area is 282 Å². The highest BCUT2D eigenvalue weighted by Gasteiger charge is 2.46. The molecule has 20 heteroatoms. The first-order valence-corrected chi connectivity index (χ1v) is 16.3. The minimum atomic E-state index is -1.36. The second-order valence-corrected chi connectivity index (χ2v) is 12.2. The minimum absolute atomic E-state index is 0.0555. The topological polar surface area (TPSA) is 279 Å². The summed E-state index contributed by atoms with van der Waals surface area (Å²) >= 11 is 0. The average molecular weight is 703 g/mol. The molecule has 0 saturated carbocycles. The number of H-pyrrole nitrogens is 2. The molecule has 20 nitrogen and oxygen atoms in total. The smallest absolute Gasteiger partial charge is 0.305 e. The molecule has 6 rings (SSSR count). The molecular weight excluding hydrogens is 664 g/mol. The van der Waals surface area contributed by atoms with Crippen molar-refractivity contribution in [3.8, 4) is 0 Å². The molecule has 8 atom stereocenters. The van der Waals surface area contributed by atoms with Gasteiger partial charge in [0.1, 0.15) is 49.8 Å². The van der Waals surface area contributed by atoms with Gasteiger partial charge >= 0.3 is 11.9 Å². The van der Waals surface area contributed by atoms with Crippen LogP contribution in [0.15, 0.2) is 34.9 Å². The van der Waals surface area contributed by atoms with E-state index in [1.807, 2.05) is 0 Å². The maximum absolute atomic E-state index is 12.3. The van der Waals surface area contributed by atoms with Gasteiger partial charge in [0.15, 0.2) is 34.8 Å². The third kappa shape index (κ3) is 7.44. The molecule has 270 valence electrons. The van der Waals surface area contributed by atoms with E-state index in [1.165, 1.54) is 34.4 Å². The van der Waals surface area contributed by atoms with E-state index in [0.717, 1.165) is 25.7 Å². The van der Waals surface area contributed by atoms with E-state index in [1.54, 1.807) is 0 Å². The Morgan fingerprint density at radius 3 is 1.46 bits per heavy atom. The number of hydrogen-bond acceptors (Lipinski definition) is 16. The molecule has 2 fully saturated rings. The van der Waals surface area contributed by atoms with Gasteiger partial charge in [-0.2, -0.15) is 0 Å². The van der Waals surface area contributed by atoms with E-state index < -0.39 is 72.1 Å². The lowest BCUT2D eigenvalue weighted by atomic mass is 10.1. The molecule has 0 aliphatic carbocycles. The van der Waals surface area contributed by atoms with E-state index in [9.17, 15) is 39.6 Å². The summed E-state index contributed by atoms with van der Waals surface area (Å²) in [6.07, 6.45) is 0.104. The van der Waals surface area contributed by atoms with Gasteiger partial charge < -0.3 is 49.3 Å². The minimum Gasteiger partial charge on any atom is -0.463 e. The highest BCUT2D eigenvalue weighted by Crippen LogP contribution is 2.32. The van der Waals surface area contributed by atoms with Crippen molar-refractivity contribution in [3.05, 3.63) is 46.0 Å². The Morgan fingerprint density at radius 2 is 1.04 bits per heavy atom. The summed E-state index contributed by atoms with van der Waals surface area (Å²) in [6.45, 7) is -0.530. The lowest BCUT2D eigenvalue weighted by Crippen LogP contribution is -2.34. The largest absolute Gasteiger partial charge is 0.463 e. The standard InChI is InChI=1S/C30H38N8O12/c39-17(47-9-15-21(41)23(43)29(49-15)37-13-35-19-25(37)31-11-33-27(19)45)7-5-3-1-2-4-6-8-18(40)48-10-16-22(42)24(44)30(50-16)38-14-36-20-26(38)32-12-34-28(20)46/h11-16,21-24,29-30,41-44H,1-10H2,(H,31,33,45)(H,32,34,46). The van der Waals surface area contributed by atoms with Crippen LogP contribution in [-0.4, -0.2) is 121 Å². The molecule has 2 aliphatic heterocycles. The molecule has 0 spiro atoms. The number of carbonyl (C=O) groups excluding carboxylic acids is 2. The predicted molar refractivity (Wildman–Crippen MR) is 167 cm³/mol. The number of imidazole rings is 2. The maximum Gasteiger partial charge on any atom is 0.305 e. The van der Waals surface area contributed by atoms with Crippen LogP contribution in [0.4, 0.5) is 0 Å². The molecule has 0 bridgehead atoms. The summed E-state index contributed by atoms with van der Waals surface area (Å²) in [6, 6.07) is 0. The number of rotatable bonds is 15. The number of esters is 2. The van der Waals surface area contributed by atoms with Gasteiger partial charge in [0, 0.05) is 12.8 Å². The SMILES string of the molecule is O=C(CCCCCCCCC(=O)OCC1OC(n2cnc3c(=O)[nH]cnc32)C(O)C1O)OCC1OC(n2cnc3c(=O)[nH]cnc32)C(O)C1O. The molecule has 4 aromatic heterocycles. The number of aromatic nitrogens is 8. The quantitative estimate of drug-likeness (QED) is 0.0620. The van der Waals surface area contributed by atoms with E-state index in [0.29, 0.717) is 12.8 Å². The van der Waals surface area contributed by atoms with Crippen LogP contribution in [0.3, 0.4) is 0 Å². The number of nitrogens with one attached hydrogen (secondary N) is 2. The fourth-order valence-corrected chi connectivity index (χ4v) is 6.03. The maximum atomic E-state index is 12.3. The number of aromatic amines is 2. The van der Waals surface area contributed by atoms with Gasteiger partial charge in [0.25, 0.3) is 11.1 Å². The Hall–Kier alpha value is -4.60. The zero-order valence-corrected chi connectivity index (χ0v) is 26.7. The molecule has 2 aliphatic rings. The van der Waals surface area contributed by atoms with Crippen LogP contribution in [0, 0.1) is 0 Å². The zero-order chi connectivity index (χ0) is 35.4. The van der Waals surface area contributed by atoms with Crippen LogP contribution in [-0.2, 0) is 28.5 Å². The number of carbonyl (C=O) groups is 2. The fraction of sp³-hybridized carbons (Fsp3) is 0.600. The normalized spacial score (nSPS) is 26.6. The number of hydrogen-bond donors (Lipinski definition) is 6. The van der Waals surface area contributed by atoms with Gasteiger partial charge in [0.05, 0.1) is 25.3 Å². The first-order chi connectivity index (χ1) is 24.1. The van der Waals surface area contributed by atoms with Crippen LogP contribution in [0.2, 0.25) is 0 Å². The monoisotopic (exact) mass is 702 g/mol. The predicted octanol–water partition coefficient (Wildman–Crippen LogP) is -1.30. The highest BCUT2D eigenvalue weighted by molar-refractivity contribution is 5.70. The molecule has 50 heavy (non-hydrogen) atoms. The second-order valence-electron chi connectivity index (χ2n) is 12.2. The van der Waals surface area contributed by atoms with Crippen LogP contribution < -0.4 is 11.1 Å². The average Bonchev–Trinajstić information content (AvgIpc) is 3.86. The van der Waals surface area contributed by atoms with Gasteiger partial charge in [-0.15, -0.1) is 0 Å². The van der Waals surface area contributed by atoms with Crippen molar-refractivity contribution in [3.63, 3.8) is 0 Å². The zero-order valence-electron chi connectivity index (χ0n) is 26.7. The number of unbranched alkanes of at least 4 members (excludes halogenated alkanes) is 5. The second kappa shape index (κ2) is 15.5. The Balaban J connectivity index is 0.818. The first-order valence-electron chi connectivity index (χ1n) is 16.3. The third-order valence-electron chi connectivity index (χ3n) is 8.78. The third-order valence-corrected chi connectivity index (χ3v) is 8.78. The van der Waals surface area contributed by atoms with Crippen LogP contribution in [0.1, 0.15) is 63.8 Å². The van der Waals surface area contributed by atoms with Gasteiger partial charge in [-0.05, 0) is 12.8 Å². The van der Waals surface area contributed by atoms with E-state index in [2.05, 4.69) is 29.9 Å². The highest BCUT2D eigenvalue weighted by atomic mass is 16.6. The van der Waals surface area contributed by atoms with Crippen molar-refractivity contribution >= 4 is 34.3 Å². The first kappa shape index (κ1) is 35.2. The van der Waals surface area contributed by atoms with E-state index in [4.69, 9.17) is 18.9 Å². The molecular formula is C30H38N8O12. The molecule has 4 aromatic rings. The number of aliphatic hydroxyl groups excluding tert-OH is 4. The van der Waals surface area contributed by atoms with Crippen molar-refractivity contribution in [2.24, 2.45) is 0 Å². The lowest BCUT2D eigenvalue weighted by Gasteiger charge is -2.16. The molecule has 6 N–H and O–H groups in total. The number of ether oxygens (including phenoxy) is 4. The van der Waals surface area contributed by atoms with E-state index in [-0.39, 0.29) is 48.4 Å². The summed E-state index contributed by atoms with van der Waals surface area (Å²) in [5.41, 5.74) is -0.456. The molecule has 8 unspecified atom stereocenters. The van der Waals surface area contributed by atoms with E-state index >= 15 is 0 Å². The summed E-state index contributed by atoms with van der Waals surface area (Å²) in [5.74, 6) is -0.938.